The topological polar surface area (TPSA) is 87.9 Å². The van der Waals surface area contributed by atoms with Crippen molar-refractivity contribution >= 4 is 11.6 Å². The smallest absolute Gasteiger partial charge is 0.311 e. The number of hydrogen-bond donors (Lipinski definition) is 1. The van der Waals surface area contributed by atoms with Gasteiger partial charge in [-0.05, 0) is 11.6 Å². The molecule has 9 heteroatoms. The first kappa shape index (κ1) is 21.7. The van der Waals surface area contributed by atoms with Crippen molar-refractivity contribution in [2.45, 2.75) is 6.54 Å². The van der Waals surface area contributed by atoms with Crippen LogP contribution in [0.5, 0.6) is 5.75 Å². The molecule has 0 bridgehead atoms. The Morgan fingerprint density at radius 2 is 1.80 bits per heavy atom. The summed E-state index contributed by atoms with van der Waals surface area (Å²) in [5, 5.41) is 13.7. The standard InChI is InChI=1S/C21H25FN4O4/c22-18-6-7-19(26(28)29)20(14-18)30-16-21(27)23-8-9-24-10-12-25(13-11-24)15-17-4-2-1-3-5-17/h1-7,14H,8-13,15-16H2,(H,23,27). The molecule has 1 aliphatic heterocycles. The number of amides is 1. The average Bonchev–Trinajstić information content (AvgIpc) is 2.74. The molecule has 1 fully saturated rings. The molecule has 0 saturated carbocycles. The highest BCUT2D eigenvalue weighted by molar-refractivity contribution is 5.77. The fourth-order valence-electron chi connectivity index (χ4n) is 3.31. The van der Waals surface area contributed by atoms with Gasteiger partial charge < -0.3 is 10.1 Å². The van der Waals surface area contributed by atoms with Gasteiger partial charge in [-0.15, -0.1) is 0 Å². The van der Waals surface area contributed by atoms with Crippen LogP contribution in [0, 0.1) is 15.9 Å². The Balaban J connectivity index is 1.34. The second-order valence-corrected chi connectivity index (χ2v) is 7.11. The molecular formula is C21H25FN4O4. The van der Waals surface area contributed by atoms with Gasteiger partial charge in [0.25, 0.3) is 5.91 Å². The number of ether oxygens (including phenoxy) is 1. The second-order valence-electron chi connectivity index (χ2n) is 7.11. The van der Waals surface area contributed by atoms with E-state index < -0.39 is 23.3 Å². The van der Waals surface area contributed by atoms with Gasteiger partial charge in [0.1, 0.15) is 5.82 Å². The van der Waals surface area contributed by atoms with Gasteiger partial charge in [-0.2, -0.15) is 0 Å². The lowest BCUT2D eigenvalue weighted by Gasteiger charge is -2.34. The van der Waals surface area contributed by atoms with Gasteiger partial charge in [0.15, 0.2) is 6.61 Å². The number of halogens is 1. The molecule has 0 spiro atoms. The van der Waals surface area contributed by atoms with E-state index in [9.17, 15) is 19.3 Å². The molecular weight excluding hydrogens is 391 g/mol. The summed E-state index contributed by atoms with van der Waals surface area (Å²) in [5.41, 5.74) is 0.925. The Hall–Kier alpha value is -3.04. The molecule has 1 amide bonds. The van der Waals surface area contributed by atoms with Crippen LogP contribution in [0.3, 0.4) is 0 Å². The lowest BCUT2D eigenvalue weighted by Crippen LogP contribution is -2.48. The van der Waals surface area contributed by atoms with Crippen LogP contribution < -0.4 is 10.1 Å². The predicted molar refractivity (Wildman–Crippen MR) is 110 cm³/mol. The fraction of sp³-hybridized carbons (Fsp3) is 0.381. The Morgan fingerprint density at radius 3 is 2.50 bits per heavy atom. The fourth-order valence-corrected chi connectivity index (χ4v) is 3.31. The number of rotatable bonds is 9. The van der Waals surface area contributed by atoms with E-state index in [1.54, 1.807) is 0 Å². The van der Waals surface area contributed by atoms with Crippen molar-refractivity contribution < 1.29 is 18.8 Å². The van der Waals surface area contributed by atoms with E-state index in [1.807, 2.05) is 18.2 Å². The number of hydrogen-bond acceptors (Lipinski definition) is 6. The zero-order valence-corrected chi connectivity index (χ0v) is 16.6. The normalized spacial score (nSPS) is 15.0. The van der Waals surface area contributed by atoms with Crippen LogP contribution in [0.2, 0.25) is 0 Å². The summed E-state index contributed by atoms with van der Waals surface area (Å²) < 4.78 is 18.4. The molecule has 1 saturated heterocycles. The number of nitrogens with zero attached hydrogens (tertiary/aromatic N) is 3. The van der Waals surface area contributed by atoms with Crippen molar-refractivity contribution in [1.82, 2.24) is 15.1 Å². The average molecular weight is 416 g/mol. The first-order valence-electron chi connectivity index (χ1n) is 9.83. The van der Waals surface area contributed by atoms with Crippen molar-refractivity contribution in [1.29, 1.82) is 0 Å². The van der Waals surface area contributed by atoms with E-state index in [-0.39, 0.29) is 11.4 Å². The van der Waals surface area contributed by atoms with Gasteiger partial charge in [-0.3, -0.25) is 24.7 Å². The Labute approximate surface area is 174 Å². The van der Waals surface area contributed by atoms with Crippen LogP contribution in [-0.4, -0.2) is 66.5 Å². The first-order chi connectivity index (χ1) is 14.5. The van der Waals surface area contributed by atoms with Gasteiger partial charge in [-0.25, -0.2) is 4.39 Å². The maximum atomic E-state index is 13.3. The summed E-state index contributed by atoms with van der Waals surface area (Å²) in [5.74, 6) is -1.33. The Kier molecular flexibility index (Phi) is 7.69. The van der Waals surface area contributed by atoms with E-state index in [2.05, 4.69) is 27.2 Å². The highest BCUT2D eigenvalue weighted by Crippen LogP contribution is 2.27. The number of nitrogens with one attached hydrogen (secondary N) is 1. The molecule has 2 aromatic carbocycles. The molecule has 1 N–H and O–H groups in total. The first-order valence-corrected chi connectivity index (χ1v) is 9.83. The molecule has 8 nitrogen and oxygen atoms in total. The summed E-state index contributed by atoms with van der Waals surface area (Å²) >= 11 is 0. The molecule has 30 heavy (non-hydrogen) atoms. The van der Waals surface area contributed by atoms with Gasteiger partial charge in [-0.1, -0.05) is 30.3 Å². The number of benzene rings is 2. The van der Waals surface area contributed by atoms with Gasteiger partial charge in [0, 0.05) is 57.9 Å². The summed E-state index contributed by atoms with van der Waals surface area (Å²) in [6.07, 6.45) is 0. The molecule has 0 radical (unpaired) electrons. The Bertz CT molecular complexity index is 857. The number of nitro groups is 1. The van der Waals surface area contributed by atoms with Crippen LogP contribution in [0.25, 0.3) is 0 Å². The summed E-state index contributed by atoms with van der Waals surface area (Å²) in [4.78, 5) is 26.9. The van der Waals surface area contributed by atoms with Crippen molar-refractivity contribution in [3.63, 3.8) is 0 Å². The minimum Gasteiger partial charge on any atom is -0.477 e. The summed E-state index contributed by atoms with van der Waals surface area (Å²) in [6.45, 7) is 5.48. The number of nitro benzene ring substituents is 1. The lowest BCUT2D eigenvalue weighted by atomic mass is 10.2. The molecule has 0 atom stereocenters. The number of piperazine rings is 1. The summed E-state index contributed by atoms with van der Waals surface area (Å²) in [7, 11) is 0. The summed E-state index contributed by atoms with van der Waals surface area (Å²) in [6, 6.07) is 13.3. The van der Waals surface area contributed by atoms with E-state index in [1.165, 1.54) is 5.56 Å². The molecule has 2 aromatic rings. The minimum absolute atomic E-state index is 0.260. The van der Waals surface area contributed by atoms with E-state index >= 15 is 0 Å². The van der Waals surface area contributed by atoms with E-state index in [0.29, 0.717) is 13.1 Å². The Morgan fingerprint density at radius 1 is 1.10 bits per heavy atom. The van der Waals surface area contributed by atoms with Gasteiger partial charge >= 0.3 is 5.69 Å². The molecule has 0 aliphatic carbocycles. The van der Waals surface area contributed by atoms with Crippen LogP contribution in [-0.2, 0) is 11.3 Å². The third kappa shape index (κ3) is 6.50. The van der Waals surface area contributed by atoms with E-state index in [4.69, 9.17) is 4.74 Å². The molecule has 0 aromatic heterocycles. The van der Waals surface area contributed by atoms with Crippen molar-refractivity contribution in [3.8, 4) is 5.75 Å². The monoisotopic (exact) mass is 416 g/mol. The molecule has 0 unspecified atom stereocenters. The van der Waals surface area contributed by atoms with Crippen LogP contribution in [0.15, 0.2) is 48.5 Å². The van der Waals surface area contributed by atoms with Crippen molar-refractivity contribution in [2.75, 3.05) is 45.9 Å². The molecule has 160 valence electrons. The molecule has 3 rings (SSSR count). The largest absolute Gasteiger partial charge is 0.477 e. The highest BCUT2D eigenvalue weighted by Gasteiger charge is 2.18. The van der Waals surface area contributed by atoms with Gasteiger partial charge in [0.05, 0.1) is 4.92 Å². The maximum absolute atomic E-state index is 13.3. The quantitative estimate of drug-likeness (QED) is 0.497. The van der Waals surface area contributed by atoms with Crippen LogP contribution in [0.1, 0.15) is 5.56 Å². The second kappa shape index (κ2) is 10.7. The van der Waals surface area contributed by atoms with Crippen LogP contribution >= 0.6 is 0 Å². The number of carbonyl (C=O) groups is 1. The van der Waals surface area contributed by atoms with Crippen molar-refractivity contribution in [2.24, 2.45) is 0 Å². The highest BCUT2D eigenvalue weighted by atomic mass is 19.1. The minimum atomic E-state index is -0.676. The third-order valence-corrected chi connectivity index (χ3v) is 4.94. The van der Waals surface area contributed by atoms with Crippen molar-refractivity contribution in [3.05, 3.63) is 70.0 Å². The SMILES string of the molecule is O=C(COc1cc(F)ccc1[N+](=O)[O-])NCCN1CCN(Cc2ccccc2)CC1. The molecule has 1 heterocycles. The van der Waals surface area contributed by atoms with Gasteiger partial charge in [0.2, 0.25) is 5.75 Å². The maximum Gasteiger partial charge on any atom is 0.311 e. The third-order valence-electron chi connectivity index (χ3n) is 4.94. The number of carbonyl (C=O) groups excluding carboxylic acids is 1. The predicted octanol–water partition coefficient (Wildman–Crippen LogP) is 2.05. The molecule has 1 aliphatic rings. The van der Waals surface area contributed by atoms with Crippen LogP contribution in [0.4, 0.5) is 10.1 Å². The zero-order chi connectivity index (χ0) is 21.3. The lowest BCUT2D eigenvalue weighted by molar-refractivity contribution is -0.385. The zero-order valence-electron chi connectivity index (χ0n) is 16.6. The van der Waals surface area contributed by atoms with E-state index in [0.717, 1.165) is 50.9 Å².